The van der Waals surface area contributed by atoms with E-state index in [0.717, 1.165) is 24.2 Å². The molecule has 20 heavy (non-hydrogen) atoms. The summed E-state index contributed by atoms with van der Waals surface area (Å²) in [6.45, 7) is 1.99. The van der Waals surface area contributed by atoms with Crippen molar-refractivity contribution in [2.75, 3.05) is 7.11 Å². The molecule has 2 atom stereocenters. The van der Waals surface area contributed by atoms with Crippen LogP contribution < -0.4 is 10.2 Å². The Balaban J connectivity index is 2.37. The summed E-state index contributed by atoms with van der Waals surface area (Å²) < 4.78 is 5.08. The summed E-state index contributed by atoms with van der Waals surface area (Å²) in [5.41, 5.74) is 2.48. The Labute approximate surface area is 119 Å². The Morgan fingerprint density at radius 1 is 1.30 bits per heavy atom. The molecule has 1 rings (SSSR count). The molecule has 2 unspecified atom stereocenters. The summed E-state index contributed by atoms with van der Waals surface area (Å²) in [6.07, 6.45) is 2.15. The molecular weight excluding hydrogens is 258 g/mol. The van der Waals surface area contributed by atoms with E-state index in [1.165, 1.54) is 0 Å². The minimum Gasteiger partial charge on any atom is -0.497 e. The van der Waals surface area contributed by atoms with Crippen molar-refractivity contribution >= 4 is 5.91 Å². The molecule has 1 aromatic carbocycles. The van der Waals surface area contributed by atoms with Gasteiger partial charge >= 0.3 is 0 Å². The average Bonchev–Trinajstić information content (AvgIpc) is 2.50. The predicted molar refractivity (Wildman–Crippen MR) is 75.5 cm³/mol. The molecule has 1 aromatic rings. The van der Waals surface area contributed by atoms with E-state index in [-0.39, 0.29) is 11.8 Å². The fourth-order valence-corrected chi connectivity index (χ4v) is 2.10. The number of benzene rings is 1. The number of hydroxylamine groups is 1. The normalized spacial score (nSPS) is 13.6. The Kier molecular flexibility index (Phi) is 7.04. The smallest absolute Gasteiger partial charge is 0.243 e. The number of hydrogen-bond donors (Lipinski definition) is 3. The van der Waals surface area contributed by atoms with Crippen LogP contribution >= 0.6 is 0 Å². The van der Waals surface area contributed by atoms with Crippen molar-refractivity contribution in [2.45, 2.75) is 38.7 Å². The van der Waals surface area contributed by atoms with Crippen LogP contribution in [0.1, 0.15) is 44.3 Å². The Morgan fingerprint density at radius 3 is 2.50 bits per heavy atom. The number of aliphatic hydroxyl groups is 1. The fraction of sp³-hybridized carbons (Fsp3) is 0.533. The van der Waals surface area contributed by atoms with Crippen molar-refractivity contribution in [3.63, 3.8) is 0 Å². The molecule has 0 saturated heterocycles. The molecule has 0 aliphatic rings. The second kappa shape index (κ2) is 8.55. The van der Waals surface area contributed by atoms with Gasteiger partial charge in [-0.3, -0.25) is 10.0 Å². The summed E-state index contributed by atoms with van der Waals surface area (Å²) in [7, 11) is 1.61. The second-order valence-corrected chi connectivity index (χ2v) is 4.98. The lowest BCUT2D eigenvalue weighted by molar-refractivity contribution is -0.129. The highest BCUT2D eigenvalue weighted by atomic mass is 16.5. The monoisotopic (exact) mass is 281 g/mol. The van der Waals surface area contributed by atoms with Gasteiger partial charge in [-0.2, -0.15) is 0 Å². The average molecular weight is 281 g/mol. The third-order valence-electron chi connectivity index (χ3n) is 3.43. The third kappa shape index (κ3) is 5.19. The summed E-state index contributed by atoms with van der Waals surface area (Å²) in [6, 6.07) is 7.38. The van der Waals surface area contributed by atoms with E-state index in [0.29, 0.717) is 12.8 Å². The van der Waals surface area contributed by atoms with Crippen molar-refractivity contribution in [2.24, 2.45) is 5.92 Å². The van der Waals surface area contributed by atoms with Crippen LogP contribution in [-0.4, -0.2) is 23.3 Å². The molecular formula is C15H23NO4. The van der Waals surface area contributed by atoms with Gasteiger partial charge in [0.25, 0.3) is 0 Å². The summed E-state index contributed by atoms with van der Waals surface area (Å²) >= 11 is 0. The molecule has 0 aromatic heterocycles. The first kappa shape index (κ1) is 16.5. The van der Waals surface area contributed by atoms with E-state index in [9.17, 15) is 9.90 Å². The van der Waals surface area contributed by atoms with Gasteiger partial charge in [-0.1, -0.05) is 25.5 Å². The molecule has 0 heterocycles. The molecule has 0 spiro atoms. The Morgan fingerprint density at radius 2 is 1.95 bits per heavy atom. The maximum absolute atomic E-state index is 10.8. The highest BCUT2D eigenvalue weighted by Gasteiger charge is 2.16. The van der Waals surface area contributed by atoms with Crippen LogP contribution in [0.15, 0.2) is 24.3 Å². The molecule has 0 fully saturated rings. The van der Waals surface area contributed by atoms with Crippen molar-refractivity contribution in [1.29, 1.82) is 0 Å². The van der Waals surface area contributed by atoms with Crippen LogP contribution in [0, 0.1) is 5.92 Å². The molecule has 0 bridgehead atoms. The second-order valence-electron chi connectivity index (χ2n) is 4.98. The first-order valence-electron chi connectivity index (χ1n) is 6.83. The van der Waals surface area contributed by atoms with Crippen LogP contribution in [0.4, 0.5) is 0 Å². The first-order chi connectivity index (χ1) is 9.58. The van der Waals surface area contributed by atoms with Gasteiger partial charge in [0.05, 0.1) is 13.2 Å². The maximum Gasteiger partial charge on any atom is 0.243 e. The lowest BCUT2D eigenvalue weighted by atomic mass is 9.92. The number of unbranched alkanes of at least 4 members (excludes halogenated alkanes) is 1. The SMILES string of the molecule is COc1ccc(C(O)C(C)CCCCC(=O)NO)cc1. The number of amides is 1. The van der Waals surface area contributed by atoms with Gasteiger partial charge in [0.2, 0.25) is 5.91 Å². The zero-order valence-electron chi connectivity index (χ0n) is 12.0. The molecule has 1 amide bonds. The van der Waals surface area contributed by atoms with Crippen LogP contribution in [0.25, 0.3) is 0 Å². The van der Waals surface area contributed by atoms with E-state index < -0.39 is 6.10 Å². The summed E-state index contributed by atoms with van der Waals surface area (Å²) in [4.78, 5) is 10.8. The minimum atomic E-state index is -0.521. The first-order valence-corrected chi connectivity index (χ1v) is 6.83. The van der Waals surface area contributed by atoms with Gasteiger partial charge in [-0.05, 0) is 36.5 Å². The molecule has 112 valence electrons. The van der Waals surface area contributed by atoms with Gasteiger partial charge in [-0.25, -0.2) is 5.48 Å². The van der Waals surface area contributed by atoms with Crippen molar-refractivity contribution in [3.8, 4) is 5.75 Å². The molecule has 5 nitrogen and oxygen atoms in total. The number of nitrogens with one attached hydrogen (secondary N) is 1. The van der Waals surface area contributed by atoms with Gasteiger partial charge in [0, 0.05) is 6.42 Å². The lowest BCUT2D eigenvalue weighted by Gasteiger charge is -2.19. The molecule has 5 heteroatoms. The number of methoxy groups -OCH3 is 1. The summed E-state index contributed by atoms with van der Waals surface area (Å²) in [5.74, 6) is 0.512. The Bertz CT molecular complexity index is 405. The topological polar surface area (TPSA) is 78.8 Å². The van der Waals surface area contributed by atoms with Crippen molar-refractivity contribution < 1.29 is 19.8 Å². The van der Waals surface area contributed by atoms with Crippen LogP contribution in [0.3, 0.4) is 0 Å². The zero-order chi connectivity index (χ0) is 15.0. The van der Waals surface area contributed by atoms with E-state index in [2.05, 4.69) is 0 Å². The van der Waals surface area contributed by atoms with Gasteiger partial charge < -0.3 is 9.84 Å². The van der Waals surface area contributed by atoms with Gasteiger partial charge in [-0.15, -0.1) is 0 Å². The van der Waals surface area contributed by atoms with E-state index in [1.54, 1.807) is 12.6 Å². The third-order valence-corrected chi connectivity index (χ3v) is 3.43. The van der Waals surface area contributed by atoms with Crippen molar-refractivity contribution in [1.82, 2.24) is 5.48 Å². The Hall–Kier alpha value is -1.59. The number of carbonyl (C=O) groups excluding carboxylic acids is 1. The largest absolute Gasteiger partial charge is 0.497 e. The minimum absolute atomic E-state index is 0.112. The highest BCUT2D eigenvalue weighted by Crippen LogP contribution is 2.27. The molecule has 0 aliphatic carbocycles. The quantitative estimate of drug-likeness (QED) is 0.388. The molecule has 0 radical (unpaired) electrons. The van der Waals surface area contributed by atoms with Crippen LogP contribution in [0.2, 0.25) is 0 Å². The fourth-order valence-electron chi connectivity index (χ4n) is 2.10. The van der Waals surface area contributed by atoms with Crippen molar-refractivity contribution in [3.05, 3.63) is 29.8 Å². The van der Waals surface area contributed by atoms with E-state index >= 15 is 0 Å². The number of carbonyl (C=O) groups is 1. The zero-order valence-corrected chi connectivity index (χ0v) is 12.0. The predicted octanol–water partition coefficient (Wildman–Crippen LogP) is 2.43. The standard InChI is InChI=1S/C15H23NO4/c1-11(5-3-4-6-14(17)16-19)15(18)12-7-9-13(20-2)10-8-12/h7-11,15,18-19H,3-6H2,1-2H3,(H,16,17). The number of rotatable bonds is 8. The van der Waals surface area contributed by atoms with Gasteiger partial charge in [0.1, 0.15) is 5.75 Å². The molecule has 0 saturated carbocycles. The van der Waals surface area contributed by atoms with E-state index in [4.69, 9.17) is 9.94 Å². The van der Waals surface area contributed by atoms with Crippen LogP contribution in [0.5, 0.6) is 5.75 Å². The van der Waals surface area contributed by atoms with Gasteiger partial charge in [0.15, 0.2) is 0 Å². The molecule has 3 N–H and O–H groups in total. The van der Waals surface area contributed by atoms with Crippen LogP contribution in [-0.2, 0) is 4.79 Å². The number of aliphatic hydroxyl groups excluding tert-OH is 1. The molecule has 0 aliphatic heterocycles. The maximum atomic E-state index is 10.8. The lowest BCUT2D eigenvalue weighted by Crippen LogP contribution is -2.18. The summed E-state index contributed by atoms with van der Waals surface area (Å²) in [5, 5.41) is 18.6. The highest BCUT2D eigenvalue weighted by molar-refractivity contribution is 5.74. The number of ether oxygens (including phenoxy) is 1. The van der Waals surface area contributed by atoms with E-state index in [1.807, 2.05) is 31.2 Å². The number of hydrogen-bond acceptors (Lipinski definition) is 4.